The van der Waals surface area contributed by atoms with Crippen LogP contribution >= 0.6 is 0 Å². The average molecular weight is 213 g/mol. The number of halogens is 3. The third-order valence-corrected chi connectivity index (χ3v) is 2.39. The van der Waals surface area contributed by atoms with Crippen molar-refractivity contribution in [1.29, 1.82) is 0 Å². The highest BCUT2D eigenvalue weighted by Crippen LogP contribution is 2.17. The van der Waals surface area contributed by atoms with Crippen LogP contribution in [0.5, 0.6) is 0 Å². The van der Waals surface area contributed by atoms with Crippen LogP contribution in [0.25, 0.3) is 0 Å². The van der Waals surface area contributed by atoms with E-state index in [0.717, 1.165) is 0 Å². The summed E-state index contributed by atoms with van der Waals surface area (Å²) in [5.41, 5.74) is -0.172. The van der Waals surface area contributed by atoms with Gasteiger partial charge in [0, 0.05) is 12.1 Å². The average Bonchev–Trinajstić information content (AvgIpc) is 1.96. The largest absolute Gasteiger partial charge is 0.522 e. The first-order chi connectivity index (χ1) is 6.15. The van der Waals surface area contributed by atoms with Crippen LogP contribution in [-0.4, -0.2) is 25.1 Å². The van der Waals surface area contributed by atoms with Gasteiger partial charge in [0.15, 0.2) is 0 Å². The van der Waals surface area contributed by atoms with Gasteiger partial charge in [0.1, 0.15) is 0 Å². The highest BCUT2D eigenvalue weighted by Gasteiger charge is 2.29. The molecule has 0 unspecified atom stereocenters. The molecule has 0 aromatic rings. The fourth-order valence-electron chi connectivity index (χ4n) is 0.744. The third-order valence-electron chi connectivity index (χ3n) is 2.39. The first-order valence-electron chi connectivity index (χ1n) is 4.61. The molecule has 0 heterocycles. The van der Waals surface area contributed by atoms with Gasteiger partial charge in [0.2, 0.25) is 0 Å². The van der Waals surface area contributed by atoms with Crippen molar-refractivity contribution in [3.05, 3.63) is 0 Å². The monoisotopic (exact) mass is 213 g/mol. The molecular weight excluding hydrogens is 195 g/mol. The second kappa shape index (κ2) is 4.98. The lowest BCUT2D eigenvalue weighted by molar-refractivity contribution is -0.323. The number of hydrogen-bond donors (Lipinski definition) is 1. The second-order valence-corrected chi connectivity index (χ2v) is 4.10. The van der Waals surface area contributed by atoms with Gasteiger partial charge in [-0.25, -0.2) is 0 Å². The Bertz CT molecular complexity index is 166. The van der Waals surface area contributed by atoms with E-state index in [0.29, 0.717) is 5.92 Å². The van der Waals surface area contributed by atoms with Gasteiger partial charge >= 0.3 is 6.36 Å². The van der Waals surface area contributed by atoms with E-state index in [9.17, 15) is 13.2 Å². The first-order valence-corrected chi connectivity index (χ1v) is 4.61. The smallest absolute Gasteiger partial charge is 0.309 e. The first kappa shape index (κ1) is 13.7. The van der Waals surface area contributed by atoms with Crippen molar-refractivity contribution < 1.29 is 17.9 Å². The molecule has 0 aliphatic heterocycles. The molecule has 5 heteroatoms. The molecule has 0 spiro atoms. The molecule has 0 amide bonds. The minimum atomic E-state index is -4.52. The molecule has 14 heavy (non-hydrogen) atoms. The van der Waals surface area contributed by atoms with Crippen molar-refractivity contribution in [3.63, 3.8) is 0 Å². The highest BCUT2D eigenvalue weighted by molar-refractivity contribution is 4.80. The zero-order valence-corrected chi connectivity index (χ0v) is 9.03. The minimum Gasteiger partial charge on any atom is -0.309 e. The van der Waals surface area contributed by atoms with Crippen LogP contribution in [0.2, 0.25) is 0 Å². The number of alkyl halides is 3. The van der Waals surface area contributed by atoms with E-state index in [2.05, 4.69) is 10.1 Å². The van der Waals surface area contributed by atoms with Crippen LogP contribution in [0, 0.1) is 5.92 Å². The van der Waals surface area contributed by atoms with Crippen molar-refractivity contribution in [2.24, 2.45) is 5.92 Å². The maximum atomic E-state index is 11.6. The molecule has 0 saturated heterocycles. The van der Waals surface area contributed by atoms with E-state index < -0.39 is 6.36 Å². The lowest BCUT2D eigenvalue weighted by atomic mass is 9.91. The Morgan fingerprint density at radius 3 is 2.07 bits per heavy atom. The van der Waals surface area contributed by atoms with Gasteiger partial charge in [-0.15, -0.1) is 13.2 Å². The van der Waals surface area contributed by atoms with Crippen LogP contribution in [0.1, 0.15) is 27.7 Å². The zero-order chi connectivity index (χ0) is 11.4. The maximum absolute atomic E-state index is 11.6. The van der Waals surface area contributed by atoms with E-state index in [1.807, 2.05) is 27.7 Å². The van der Waals surface area contributed by atoms with Gasteiger partial charge < -0.3 is 5.32 Å². The normalized spacial score (nSPS) is 13.7. The Hall–Kier alpha value is -0.290. The van der Waals surface area contributed by atoms with Gasteiger partial charge in [-0.1, -0.05) is 13.8 Å². The highest BCUT2D eigenvalue weighted by atomic mass is 19.4. The Balaban J connectivity index is 3.65. The Morgan fingerprint density at radius 1 is 1.21 bits per heavy atom. The number of hydrogen-bond acceptors (Lipinski definition) is 2. The quantitative estimate of drug-likeness (QED) is 0.708. The Morgan fingerprint density at radius 2 is 1.71 bits per heavy atom. The molecule has 0 aliphatic rings. The van der Waals surface area contributed by atoms with E-state index >= 15 is 0 Å². The topological polar surface area (TPSA) is 21.3 Å². The van der Waals surface area contributed by atoms with E-state index in [1.54, 1.807) is 0 Å². The SMILES string of the molecule is CC(C)C(C)(C)NCCOC(F)(F)F. The molecule has 86 valence electrons. The van der Waals surface area contributed by atoms with Gasteiger partial charge in [0.05, 0.1) is 6.61 Å². The standard InChI is InChI=1S/C9H18F3NO/c1-7(2)8(3,4)13-5-6-14-9(10,11)12/h7,13H,5-6H2,1-4H3. The molecule has 0 radical (unpaired) electrons. The van der Waals surface area contributed by atoms with Gasteiger partial charge in [-0.3, -0.25) is 4.74 Å². The molecule has 0 aromatic carbocycles. The van der Waals surface area contributed by atoms with Crippen molar-refractivity contribution >= 4 is 0 Å². The van der Waals surface area contributed by atoms with Crippen LogP contribution in [0.15, 0.2) is 0 Å². The molecule has 0 atom stereocenters. The maximum Gasteiger partial charge on any atom is 0.522 e. The minimum absolute atomic E-state index is 0.172. The fraction of sp³-hybridized carbons (Fsp3) is 1.00. The van der Waals surface area contributed by atoms with Crippen LogP contribution < -0.4 is 5.32 Å². The molecule has 0 rings (SSSR count). The molecular formula is C9H18F3NO. The van der Waals surface area contributed by atoms with Crippen molar-refractivity contribution in [3.8, 4) is 0 Å². The summed E-state index contributed by atoms with van der Waals surface area (Å²) < 4.78 is 38.4. The summed E-state index contributed by atoms with van der Waals surface area (Å²) in [6.45, 7) is 7.77. The summed E-state index contributed by atoms with van der Waals surface area (Å²) in [7, 11) is 0. The Labute approximate surface area is 82.8 Å². The molecule has 0 fully saturated rings. The van der Waals surface area contributed by atoms with Crippen molar-refractivity contribution in [2.75, 3.05) is 13.2 Å². The summed E-state index contributed by atoms with van der Waals surface area (Å²) in [5.74, 6) is 0.355. The summed E-state index contributed by atoms with van der Waals surface area (Å²) in [5, 5.41) is 3.01. The molecule has 2 nitrogen and oxygen atoms in total. The van der Waals surface area contributed by atoms with Crippen molar-refractivity contribution in [2.45, 2.75) is 39.6 Å². The predicted molar refractivity (Wildman–Crippen MR) is 48.9 cm³/mol. The van der Waals surface area contributed by atoms with Crippen LogP contribution in [-0.2, 0) is 4.74 Å². The summed E-state index contributed by atoms with van der Waals surface area (Å²) in [6.07, 6.45) is -4.52. The Kier molecular flexibility index (Phi) is 4.88. The number of rotatable bonds is 5. The van der Waals surface area contributed by atoms with E-state index in [4.69, 9.17) is 0 Å². The van der Waals surface area contributed by atoms with Crippen LogP contribution in [0.4, 0.5) is 13.2 Å². The number of nitrogens with one attached hydrogen (secondary N) is 1. The van der Waals surface area contributed by atoms with Gasteiger partial charge in [-0.2, -0.15) is 0 Å². The molecule has 1 N–H and O–H groups in total. The summed E-state index contributed by atoms with van der Waals surface area (Å²) in [4.78, 5) is 0. The van der Waals surface area contributed by atoms with Gasteiger partial charge in [-0.05, 0) is 19.8 Å². The predicted octanol–water partition coefficient (Wildman–Crippen LogP) is 2.55. The molecule has 0 saturated carbocycles. The lowest BCUT2D eigenvalue weighted by Crippen LogP contribution is -2.45. The molecule has 0 bridgehead atoms. The second-order valence-electron chi connectivity index (χ2n) is 4.10. The van der Waals surface area contributed by atoms with E-state index in [-0.39, 0.29) is 18.7 Å². The summed E-state index contributed by atoms with van der Waals surface area (Å²) in [6, 6.07) is 0. The zero-order valence-electron chi connectivity index (χ0n) is 9.03. The summed E-state index contributed by atoms with van der Waals surface area (Å²) >= 11 is 0. The van der Waals surface area contributed by atoms with Gasteiger partial charge in [0.25, 0.3) is 0 Å². The lowest BCUT2D eigenvalue weighted by Gasteiger charge is -2.30. The van der Waals surface area contributed by atoms with Crippen molar-refractivity contribution in [1.82, 2.24) is 5.32 Å². The molecule has 0 aromatic heterocycles. The molecule has 0 aliphatic carbocycles. The number of ether oxygens (including phenoxy) is 1. The third kappa shape index (κ3) is 6.21. The van der Waals surface area contributed by atoms with Crippen LogP contribution in [0.3, 0.4) is 0 Å². The van der Waals surface area contributed by atoms with E-state index in [1.165, 1.54) is 0 Å². The fourth-order valence-corrected chi connectivity index (χ4v) is 0.744.